The topological polar surface area (TPSA) is 58.6 Å². The first-order chi connectivity index (χ1) is 13.2. The molecule has 0 saturated carbocycles. The molecule has 0 spiro atoms. The minimum absolute atomic E-state index is 0. The van der Waals surface area contributed by atoms with Crippen LogP contribution in [0.1, 0.15) is 19.4 Å². The van der Waals surface area contributed by atoms with E-state index in [4.69, 9.17) is 14.2 Å². The van der Waals surface area contributed by atoms with Crippen molar-refractivity contribution in [2.75, 3.05) is 66.7 Å². The molecular weight excluding hydrogens is 471 g/mol. The summed E-state index contributed by atoms with van der Waals surface area (Å²) in [6, 6.07) is 5.96. The summed E-state index contributed by atoms with van der Waals surface area (Å²) in [6.07, 6.45) is 0. The molecule has 160 valence electrons. The van der Waals surface area contributed by atoms with Crippen LogP contribution in [0.2, 0.25) is 0 Å². The Bertz CT molecular complexity index is 593. The molecule has 0 atom stereocenters. The molecular formula is C20H35IN4O3. The summed E-state index contributed by atoms with van der Waals surface area (Å²) in [4.78, 5) is 9.46. The first-order valence-corrected chi connectivity index (χ1v) is 9.76. The van der Waals surface area contributed by atoms with Gasteiger partial charge in [-0.05, 0) is 32.0 Å². The Morgan fingerprint density at radius 2 is 1.86 bits per heavy atom. The average molecular weight is 506 g/mol. The number of methoxy groups -OCH3 is 2. The van der Waals surface area contributed by atoms with Crippen LogP contribution >= 0.6 is 24.0 Å². The van der Waals surface area contributed by atoms with Gasteiger partial charge in [-0.15, -0.1) is 24.0 Å². The molecule has 0 bridgehead atoms. The van der Waals surface area contributed by atoms with Crippen molar-refractivity contribution >= 4 is 29.9 Å². The van der Waals surface area contributed by atoms with Crippen molar-refractivity contribution in [1.29, 1.82) is 0 Å². The van der Waals surface area contributed by atoms with Gasteiger partial charge in [-0.2, -0.15) is 0 Å². The lowest BCUT2D eigenvalue weighted by atomic mass is 10.1. The number of aliphatic imine (C=N–C) groups is 1. The maximum Gasteiger partial charge on any atom is 0.194 e. The number of nitrogens with one attached hydrogen (secondary N) is 1. The summed E-state index contributed by atoms with van der Waals surface area (Å²) < 4.78 is 16.3. The third-order valence-electron chi connectivity index (χ3n) is 4.59. The zero-order chi connectivity index (χ0) is 19.5. The van der Waals surface area contributed by atoms with Gasteiger partial charge in [-0.25, -0.2) is 0 Å². The van der Waals surface area contributed by atoms with Gasteiger partial charge in [0.05, 0.1) is 27.4 Å². The fourth-order valence-electron chi connectivity index (χ4n) is 3.15. The van der Waals surface area contributed by atoms with Crippen molar-refractivity contribution in [3.8, 4) is 11.5 Å². The monoisotopic (exact) mass is 506 g/mol. The maximum atomic E-state index is 5.51. The minimum atomic E-state index is 0. The molecule has 2 rings (SSSR count). The number of halogens is 1. The molecule has 0 unspecified atom stereocenters. The summed E-state index contributed by atoms with van der Waals surface area (Å²) in [7, 11) is 3.40. The number of nitrogens with zero attached hydrogens (tertiary/aromatic N) is 3. The van der Waals surface area contributed by atoms with E-state index in [-0.39, 0.29) is 24.0 Å². The molecule has 28 heavy (non-hydrogen) atoms. The lowest BCUT2D eigenvalue weighted by Crippen LogP contribution is -2.52. The van der Waals surface area contributed by atoms with E-state index in [1.807, 2.05) is 19.1 Å². The molecule has 1 N–H and O–H groups in total. The second kappa shape index (κ2) is 13.8. The number of guanidine groups is 1. The Morgan fingerprint density at radius 1 is 1.11 bits per heavy atom. The molecule has 0 amide bonds. The highest BCUT2D eigenvalue weighted by Gasteiger charge is 2.20. The first kappa shape index (κ1) is 24.8. The highest BCUT2D eigenvalue weighted by atomic mass is 127. The van der Waals surface area contributed by atoms with E-state index in [2.05, 4.69) is 33.1 Å². The second-order valence-electron chi connectivity index (χ2n) is 6.37. The van der Waals surface area contributed by atoms with Crippen LogP contribution in [0.3, 0.4) is 0 Å². The number of rotatable bonds is 9. The van der Waals surface area contributed by atoms with Crippen LogP contribution in [-0.4, -0.2) is 82.5 Å². The molecule has 1 saturated heterocycles. The number of hydrogen-bond donors (Lipinski definition) is 1. The van der Waals surface area contributed by atoms with Gasteiger partial charge in [0.25, 0.3) is 0 Å². The number of ether oxygens (including phenoxy) is 3. The van der Waals surface area contributed by atoms with Crippen LogP contribution < -0.4 is 14.8 Å². The van der Waals surface area contributed by atoms with Crippen molar-refractivity contribution < 1.29 is 14.2 Å². The van der Waals surface area contributed by atoms with Crippen molar-refractivity contribution in [2.24, 2.45) is 4.99 Å². The Balaban J connectivity index is 0.00000392. The molecule has 1 aliphatic rings. The standard InChI is InChI=1S/C20H34N4O3.HI/c1-5-21-20(22-9-14-27-6-2)24-12-10-23(11-13-24)16-17-15-18(25-3)7-8-19(17)26-4;/h7-8,15H,5-6,9-14,16H2,1-4H3,(H,21,22);1H. The molecule has 1 aromatic rings. The van der Waals surface area contributed by atoms with E-state index < -0.39 is 0 Å². The predicted octanol–water partition coefficient (Wildman–Crippen LogP) is 2.44. The normalized spacial score (nSPS) is 15.1. The molecule has 0 aromatic heterocycles. The van der Waals surface area contributed by atoms with Crippen LogP contribution in [0, 0.1) is 0 Å². The third-order valence-corrected chi connectivity index (χ3v) is 4.59. The van der Waals surface area contributed by atoms with Crippen LogP contribution in [0.5, 0.6) is 11.5 Å². The molecule has 1 fully saturated rings. The van der Waals surface area contributed by atoms with Crippen molar-refractivity contribution in [1.82, 2.24) is 15.1 Å². The third kappa shape index (κ3) is 7.63. The van der Waals surface area contributed by atoms with Gasteiger partial charge >= 0.3 is 0 Å². The zero-order valence-corrected chi connectivity index (χ0v) is 19.9. The average Bonchev–Trinajstić information content (AvgIpc) is 2.71. The number of benzene rings is 1. The maximum absolute atomic E-state index is 5.51. The Kier molecular flexibility index (Phi) is 12.2. The Morgan fingerprint density at radius 3 is 2.46 bits per heavy atom. The number of hydrogen-bond acceptors (Lipinski definition) is 5. The summed E-state index contributed by atoms with van der Waals surface area (Å²) in [6.45, 7) is 11.8. The lowest BCUT2D eigenvalue weighted by Gasteiger charge is -2.36. The molecule has 8 heteroatoms. The van der Waals surface area contributed by atoms with Crippen molar-refractivity contribution in [3.05, 3.63) is 23.8 Å². The van der Waals surface area contributed by atoms with Gasteiger partial charge in [0, 0.05) is 51.4 Å². The molecule has 7 nitrogen and oxygen atoms in total. The predicted molar refractivity (Wildman–Crippen MR) is 124 cm³/mol. The van der Waals surface area contributed by atoms with Gasteiger partial charge in [0.2, 0.25) is 0 Å². The molecule has 1 aromatic carbocycles. The van der Waals surface area contributed by atoms with Crippen LogP contribution in [0.25, 0.3) is 0 Å². The van der Waals surface area contributed by atoms with E-state index in [9.17, 15) is 0 Å². The minimum Gasteiger partial charge on any atom is -0.497 e. The van der Waals surface area contributed by atoms with E-state index in [1.165, 1.54) is 0 Å². The lowest BCUT2D eigenvalue weighted by molar-refractivity contribution is 0.154. The van der Waals surface area contributed by atoms with Crippen molar-refractivity contribution in [3.63, 3.8) is 0 Å². The Hall–Kier alpha value is -1.26. The van der Waals surface area contributed by atoms with E-state index >= 15 is 0 Å². The first-order valence-electron chi connectivity index (χ1n) is 9.76. The SMILES string of the molecule is CCNC(=NCCOCC)N1CCN(Cc2cc(OC)ccc2OC)CC1.I. The highest BCUT2D eigenvalue weighted by molar-refractivity contribution is 14.0. The van der Waals surface area contributed by atoms with E-state index in [0.29, 0.717) is 13.2 Å². The van der Waals surface area contributed by atoms with Gasteiger partial charge in [-0.1, -0.05) is 0 Å². The summed E-state index contributed by atoms with van der Waals surface area (Å²) >= 11 is 0. The van der Waals surface area contributed by atoms with E-state index in [1.54, 1.807) is 14.2 Å². The summed E-state index contributed by atoms with van der Waals surface area (Å²) in [5.41, 5.74) is 1.16. The van der Waals surface area contributed by atoms with Crippen LogP contribution in [0.4, 0.5) is 0 Å². The summed E-state index contributed by atoms with van der Waals surface area (Å²) in [5, 5.41) is 3.39. The molecule has 1 aliphatic heterocycles. The van der Waals surface area contributed by atoms with Crippen molar-refractivity contribution in [2.45, 2.75) is 20.4 Å². The molecule has 1 heterocycles. The zero-order valence-electron chi connectivity index (χ0n) is 17.6. The molecule has 0 aliphatic carbocycles. The van der Waals surface area contributed by atoms with Gasteiger partial charge in [0.15, 0.2) is 5.96 Å². The summed E-state index contributed by atoms with van der Waals surface area (Å²) in [5.74, 6) is 2.75. The molecule has 0 radical (unpaired) electrons. The fraction of sp³-hybridized carbons (Fsp3) is 0.650. The largest absolute Gasteiger partial charge is 0.497 e. The quantitative estimate of drug-likeness (QED) is 0.241. The highest BCUT2D eigenvalue weighted by Crippen LogP contribution is 2.25. The van der Waals surface area contributed by atoms with Crippen LogP contribution in [-0.2, 0) is 11.3 Å². The van der Waals surface area contributed by atoms with Gasteiger partial charge < -0.3 is 24.4 Å². The van der Waals surface area contributed by atoms with Gasteiger partial charge in [0.1, 0.15) is 11.5 Å². The fourth-order valence-corrected chi connectivity index (χ4v) is 3.15. The smallest absolute Gasteiger partial charge is 0.194 e. The van der Waals surface area contributed by atoms with Gasteiger partial charge in [-0.3, -0.25) is 9.89 Å². The Labute approximate surface area is 186 Å². The second-order valence-corrected chi connectivity index (χ2v) is 6.37. The van der Waals surface area contributed by atoms with E-state index in [0.717, 1.165) is 68.9 Å². The number of piperazine rings is 1. The van der Waals surface area contributed by atoms with Crippen LogP contribution in [0.15, 0.2) is 23.2 Å².